The van der Waals surface area contributed by atoms with Gasteiger partial charge < -0.3 is 15.8 Å². The summed E-state index contributed by atoms with van der Waals surface area (Å²) in [6, 6.07) is 3.13. The van der Waals surface area contributed by atoms with E-state index in [9.17, 15) is 10.1 Å². The minimum absolute atomic E-state index is 0.0696. The lowest BCUT2D eigenvalue weighted by atomic mass is 10.0. The normalized spacial score (nSPS) is 20.6. The van der Waals surface area contributed by atoms with Crippen molar-refractivity contribution in [2.45, 2.75) is 19.4 Å². The van der Waals surface area contributed by atoms with Crippen molar-refractivity contribution in [1.82, 2.24) is 4.98 Å². The van der Waals surface area contributed by atoms with Gasteiger partial charge in [-0.05, 0) is 19.4 Å². The summed E-state index contributed by atoms with van der Waals surface area (Å²) < 4.78 is 5.32. The third-order valence-corrected chi connectivity index (χ3v) is 3.15. The molecule has 0 bridgehead atoms. The molecule has 0 spiro atoms. The van der Waals surface area contributed by atoms with Crippen LogP contribution in [-0.2, 0) is 4.74 Å². The van der Waals surface area contributed by atoms with Crippen molar-refractivity contribution < 1.29 is 9.66 Å². The highest BCUT2D eigenvalue weighted by atomic mass is 16.6. The number of nitrogens with one attached hydrogen (secondary N) is 1. The number of rotatable bonds is 4. The first-order valence-corrected chi connectivity index (χ1v) is 5.83. The molecule has 3 N–H and O–H groups in total. The van der Waals surface area contributed by atoms with Gasteiger partial charge in [0.25, 0.3) is 0 Å². The Bertz CT molecular complexity index is 446. The molecule has 2 unspecified atom stereocenters. The topological polar surface area (TPSA) is 103 Å². The highest BCUT2D eigenvalue weighted by molar-refractivity contribution is 5.57. The van der Waals surface area contributed by atoms with Crippen LogP contribution >= 0.6 is 0 Å². The Morgan fingerprint density at radius 3 is 3.00 bits per heavy atom. The van der Waals surface area contributed by atoms with Crippen LogP contribution < -0.4 is 11.1 Å². The van der Waals surface area contributed by atoms with Gasteiger partial charge in [0, 0.05) is 24.6 Å². The third-order valence-electron chi connectivity index (χ3n) is 3.15. The maximum Gasteiger partial charge on any atom is 0.311 e. The largest absolute Gasteiger partial charge is 0.381 e. The van der Waals surface area contributed by atoms with E-state index in [0.717, 1.165) is 19.6 Å². The van der Waals surface area contributed by atoms with Crippen molar-refractivity contribution in [3.05, 3.63) is 22.2 Å². The summed E-state index contributed by atoms with van der Waals surface area (Å²) in [5, 5.41) is 13.8. The second-order valence-corrected chi connectivity index (χ2v) is 4.41. The summed E-state index contributed by atoms with van der Waals surface area (Å²) in [5.74, 6) is 0.917. The van der Waals surface area contributed by atoms with E-state index in [4.69, 9.17) is 10.5 Å². The lowest BCUT2D eigenvalue weighted by Crippen LogP contribution is -2.26. The van der Waals surface area contributed by atoms with Gasteiger partial charge in [0.2, 0.25) is 5.82 Å². The molecule has 1 aliphatic heterocycles. The van der Waals surface area contributed by atoms with Crippen LogP contribution in [0, 0.1) is 16.0 Å². The molecule has 98 valence electrons. The van der Waals surface area contributed by atoms with Gasteiger partial charge in [-0.25, -0.2) is 4.98 Å². The fourth-order valence-electron chi connectivity index (χ4n) is 2.00. The van der Waals surface area contributed by atoms with Gasteiger partial charge >= 0.3 is 5.69 Å². The summed E-state index contributed by atoms with van der Waals surface area (Å²) in [7, 11) is 0. The van der Waals surface area contributed by atoms with E-state index in [1.165, 1.54) is 6.07 Å². The predicted molar refractivity (Wildman–Crippen MR) is 67.3 cm³/mol. The first-order valence-electron chi connectivity index (χ1n) is 5.83. The van der Waals surface area contributed by atoms with Crippen LogP contribution in [0.5, 0.6) is 0 Å². The van der Waals surface area contributed by atoms with Crippen molar-refractivity contribution in [2.24, 2.45) is 5.92 Å². The van der Waals surface area contributed by atoms with Gasteiger partial charge in [0.15, 0.2) is 0 Å². The molecule has 1 aromatic heterocycles. The summed E-state index contributed by atoms with van der Waals surface area (Å²) in [4.78, 5) is 14.1. The number of hydrogen-bond acceptors (Lipinski definition) is 6. The van der Waals surface area contributed by atoms with Gasteiger partial charge in [-0.3, -0.25) is 10.1 Å². The zero-order chi connectivity index (χ0) is 13.1. The number of nitrogens with two attached hydrogens (primary N) is 1. The number of hydrogen-bond donors (Lipinski definition) is 2. The number of aromatic nitrogens is 1. The third kappa shape index (κ3) is 2.67. The predicted octanol–water partition coefficient (Wildman–Crippen LogP) is 1.41. The van der Waals surface area contributed by atoms with Crippen LogP contribution in [0.2, 0.25) is 0 Å². The molecule has 18 heavy (non-hydrogen) atoms. The second-order valence-electron chi connectivity index (χ2n) is 4.41. The van der Waals surface area contributed by atoms with Gasteiger partial charge in [-0.1, -0.05) is 0 Å². The molecule has 1 aliphatic rings. The van der Waals surface area contributed by atoms with Crippen molar-refractivity contribution in [1.29, 1.82) is 0 Å². The summed E-state index contributed by atoms with van der Waals surface area (Å²) in [5.41, 5.74) is 5.36. The van der Waals surface area contributed by atoms with E-state index in [2.05, 4.69) is 10.3 Å². The van der Waals surface area contributed by atoms with Crippen molar-refractivity contribution in [3.8, 4) is 0 Å². The zero-order valence-electron chi connectivity index (χ0n) is 10.1. The van der Waals surface area contributed by atoms with Gasteiger partial charge in [0.05, 0.1) is 11.5 Å². The zero-order valence-corrected chi connectivity index (χ0v) is 10.1. The van der Waals surface area contributed by atoms with Crippen LogP contribution in [0.4, 0.5) is 17.3 Å². The Hall–Kier alpha value is -1.89. The summed E-state index contributed by atoms with van der Waals surface area (Å²) >= 11 is 0. The molecule has 7 heteroatoms. The smallest absolute Gasteiger partial charge is 0.311 e. The van der Waals surface area contributed by atoms with E-state index in [0.29, 0.717) is 11.7 Å². The Morgan fingerprint density at radius 2 is 2.44 bits per heavy atom. The van der Waals surface area contributed by atoms with Crippen molar-refractivity contribution in [3.63, 3.8) is 0 Å². The molecule has 2 heterocycles. The Balaban J connectivity index is 2.05. The minimum atomic E-state index is -0.541. The van der Waals surface area contributed by atoms with Crippen LogP contribution in [0.3, 0.4) is 0 Å². The average molecular weight is 252 g/mol. The molecule has 1 aromatic rings. The highest BCUT2D eigenvalue weighted by Crippen LogP contribution is 2.23. The van der Waals surface area contributed by atoms with Crippen LogP contribution in [-0.4, -0.2) is 29.2 Å². The first kappa shape index (κ1) is 12.6. The van der Waals surface area contributed by atoms with E-state index < -0.39 is 4.92 Å². The molecular weight excluding hydrogens is 236 g/mol. The maximum absolute atomic E-state index is 10.6. The second kappa shape index (κ2) is 5.18. The standard InChI is InChI=1S/C11H16N4O3/c1-7(8-4-5-18-6-8)13-10-3-2-9(15(16)17)11(12)14-10/h2-3,7-8H,4-6H2,1H3,(H3,12,13,14). The molecule has 2 rings (SSSR count). The molecule has 1 fully saturated rings. The van der Waals surface area contributed by atoms with Crippen LogP contribution in [0.15, 0.2) is 12.1 Å². The quantitative estimate of drug-likeness (QED) is 0.620. The van der Waals surface area contributed by atoms with E-state index in [1.54, 1.807) is 6.07 Å². The number of nitrogens with zero attached hydrogens (tertiary/aromatic N) is 2. The van der Waals surface area contributed by atoms with E-state index in [-0.39, 0.29) is 17.5 Å². The number of pyridine rings is 1. The number of nitro groups is 1. The van der Waals surface area contributed by atoms with Crippen LogP contribution in [0.1, 0.15) is 13.3 Å². The Labute approximate surface area is 104 Å². The van der Waals surface area contributed by atoms with Crippen molar-refractivity contribution >= 4 is 17.3 Å². The van der Waals surface area contributed by atoms with Crippen LogP contribution in [0.25, 0.3) is 0 Å². The van der Waals surface area contributed by atoms with Gasteiger partial charge in [-0.2, -0.15) is 0 Å². The van der Waals surface area contributed by atoms with E-state index >= 15 is 0 Å². The lowest BCUT2D eigenvalue weighted by molar-refractivity contribution is -0.384. The van der Waals surface area contributed by atoms with Crippen molar-refractivity contribution in [2.75, 3.05) is 24.3 Å². The lowest BCUT2D eigenvalue weighted by Gasteiger charge is -2.19. The SMILES string of the molecule is CC(Nc1ccc([N+](=O)[O-])c(N)n1)C1CCOC1. The Morgan fingerprint density at radius 1 is 1.67 bits per heavy atom. The molecular formula is C11H16N4O3. The summed E-state index contributed by atoms with van der Waals surface area (Å²) in [6.45, 7) is 3.56. The molecule has 2 atom stereocenters. The number of anilines is 2. The minimum Gasteiger partial charge on any atom is -0.381 e. The summed E-state index contributed by atoms with van der Waals surface area (Å²) in [6.07, 6.45) is 1.01. The fraction of sp³-hybridized carbons (Fsp3) is 0.545. The number of nitrogen functional groups attached to an aromatic ring is 1. The molecule has 0 amide bonds. The molecule has 1 saturated heterocycles. The molecule has 0 saturated carbocycles. The number of ether oxygens (including phenoxy) is 1. The Kier molecular flexibility index (Phi) is 3.61. The van der Waals surface area contributed by atoms with Gasteiger partial charge in [0.1, 0.15) is 5.82 Å². The highest BCUT2D eigenvalue weighted by Gasteiger charge is 2.23. The molecule has 0 aliphatic carbocycles. The fourth-order valence-corrected chi connectivity index (χ4v) is 2.00. The van der Waals surface area contributed by atoms with E-state index in [1.807, 2.05) is 6.92 Å². The van der Waals surface area contributed by atoms with Gasteiger partial charge in [-0.15, -0.1) is 0 Å². The molecule has 0 aromatic carbocycles. The average Bonchev–Trinajstić information content (AvgIpc) is 2.81. The molecule has 7 nitrogen and oxygen atoms in total. The first-order chi connectivity index (χ1) is 8.58. The molecule has 0 radical (unpaired) electrons. The maximum atomic E-state index is 10.6. The monoisotopic (exact) mass is 252 g/mol.